The Hall–Kier alpha value is -2.35. The zero-order valence-corrected chi connectivity index (χ0v) is 16.5. The molecule has 1 rings (SSSR count). The number of hydrazine groups is 1. The highest BCUT2D eigenvalue weighted by molar-refractivity contribution is 7.80. The molecule has 0 radical (unpaired) electrons. The number of rotatable bonds is 8. The Kier molecular flexibility index (Phi) is 10.1. The van der Waals surface area contributed by atoms with Crippen LogP contribution >= 0.6 is 12.2 Å². The van der Waals surface area contributed by atoms with Gasteiger partial charge in [0, 0.05) is 24.7 Å². The lowest BCUT2D eigenvalue weighted by atomic mass is 10.1. The van der Waals surface area contributed by atoms with E-state index in [0.29, 0.717) is 17.2 Å². The minimum atomic E-state index is -0.278. The fourth-order valence-electron chi connectivity index (χ4n) is 2.08. The third kappa shape index (κ3) is 9.22. The van der Waals surface area contributed by atoms with Gasteiger partial charge in [-0.3, -0.25) is 15.6 Å². The number of urea groups is 1. The van der Waals surface area contributed by atoms with Crippen LogP contribution < -0.4 is 26.8 Å². The van der Waals surface area contributed by atoms with Crippen molar-refractivity contribution in [1.82, 2.24) is 26.8 Å². The molecule has 0 aliphatic rings. The predicted octanol–water partition coefficient (Wildman–Crippen LogP) is 2.19. The molecule has 26 heavy (non-hydrogen) atoms. The van der Waals surface area contributed by atoms with Gasteiger partial charge in [0.1, 0.15) is 0 Å². The second-order valence-corrected chi connectivity index (χ2v) is 6.63. The molecule has 0 heterocycles. The van der Waals surface area contributed by atoms with Gasteiger partial charge in [-0.25, -0.2) is 4.79 Å². The van der Waals surface area contributed by atoms with Gasteiger partial charge in [0.15, 0.2) is 5.11 Å². The highest BCUT2D eigenvalue weighted by atomic mass is 32.1. The fraction of sp³-hybridized carbons (Fsp3) is 0.500. The predicted molar refractivity (Wildman–Crippen MR) is 108 cm³/mol. The normalized spacial score (nSPS) is 10.2. The first kappa shape index (κ1) is 21.7. The van der Waals surface area contributed by atoms with Gasteiger partial charge in [-0.15, -0.1) is 0 Å². The fourth-order valence-corrected chi connectivity index (χ4v) is 2.23. The molecule has 5 N–H and O–H groups in total. The third-order valence-electron chi connectivity index (χ3n) is 3.44. The van der Waals surface area contributed by atoms with Crippen LogP contribution in [0.25, 0.3) is 0 Å². The number of amides is 3. The van der Waals surface area contributed by atoms with E-state index in [1.807, 2.05) is 13.8 Å². The summed E-state index contributed by atoms with van der Waals surface area (Å²) < 4.78 is 0. The summed E-state index contributed by atoms with van der Waals surface area (Å²) in [5, 5.41) is 8.94. The first-order chi connectivity index (χ1) is 12.4. The van der Waals surface area contributed by atoms with Crippen molar-refractivity contribution in [3.8, 4) is 0 Å². The minimum Gasteiger partial charge on any atom is -0.361 e. The molecule has 7 nitrogen and oxygen atoms in total. The summed E-state index contributed by atoms with van der Waals surface area (Å²) >= 11 is 5.10. The van der Waals surface area contributed by atoms with Crippen molar-refractivity contribution in [2.24, 2.45) is 0 Å². The molecule has 3 amide bonds. The second-order valence-electron chi connectivity index (χ2n) is 6.22. The summed E-state index contributed by atoms with van der Waals surface area (Å²) in [6.45, 7) is 7.10. The standard InChI is InChI=1S/C18H29N5O2S/c1-4-5-6-11-19-18(26)23-22-16(24)15-9-7-14(8-10-15)12-20-17(25)21-13(2)3/h7-10,13H,4-6,11-12H2,1-3H3,(H,22,24)(H2,19,23,26)(H2,20,21,25). The van der Waals surface area contributed by atoms with E-state index >= 15 is 0 Å². The molecule has 144 valence electrons. The molecule has 0 fully saturated rings. The molecular formula is C18H29N5O2S. The molecular weight excluding hydrogens is 350 g/mol. The van der Waals surface area contributed by atoms with Gasteiger partial charge in [-0.05, 0) is 50.2 Å². The summed E-state index contributed by atoms with van der Waals surface area (Å²) in [5.74, 6) is -0.278. The summed E-state index contributed by atoms with van der Waals surface area (Å²) in [5.41, 5.74) is 6.65. The van der Waals surface area contributed by atoms with Gasteiger partial charge in [0.25, 0.3) is 5.91 Å². The highest BCUT2D eigenvalue weighted by Gasteiger charge is 2.07. The summed E-state index contributed by atoms with van der Waals surface area (Å²) in [6, 6.07) is 6.86. The van der Waals surface area contributed by atoms with E-state index in [9.17, 15) is 9.59 Å². The Morgan fingerprint density at radius 1 is 1.04 bits per heavy atom. The van der Waals surface area contributed by atoms with Crippen molar-refractivity contribution in [1.29, 1.82) is 0 Å². The Morgan fingerprint density at radius 2 is 1.73 bits per heavy atom. The Balaban J connectivity index is 2.34. The molecule has 0 aliphatic heterocycles. The van der Waals surface area contributed by atoms with E-state index in [4.69, 9.17) is 12.2 Å². The van der Waals surface area contributed by atoms with Crippen molar-refractivity contribution < 1.29 is 9.59 Å². The average molecular weight is 380 g/mol. The van der Waals surface area contributed by atoms with E-state index in [-0.39, 0.29) is 18.0 Å². The zero-order valence-electron chi connectivity index (χ0n) is 15.6. The topological polar surface area (TPSA) is 94.3 Å². The van der Waals surface area contributed by atoms with Crippen LogP contribution in [0.2, 0.25) is 0 Å². The second kappa shape index (κ2) is 12.1. The lowest BCUT2D eigenvalue weighted by molar-refractivity contribution is 0.0943. The molecule has 0 saturated heterocycles. The number of unbranched alkanes of at least 4 members (excludes halogenated alkanes) is 2. The number of hydrogen-bond donors (Lipinski definition) is 5. The molecule has 0 spiro atoms. The molecule has 0 bridgehead atoms. The summed E-state index contributed by atoms with van der Waals surface area (Å²) in [4.78, 5) is 23.6. The molecule has 0 aliphatic carbocycles. The van der Waals surface area contributed by atoms with E-state index in [1.54, 1.807) is 24.3 Å². The van der Waals surface area contributed by atoms with Crippen LogP contribution in [0, 0.1) is 0 Å². The van der Waals surface area contributed by atoms with Crippen molar-refractivity contribution >= 4 is 29.3 Å². The van der Waals surface area contributed by atoms with E-state index < -0.39 is 0 Å². The van der Waals surface area contributed by atoms with Crippen LogP contribution in [0.1, 0.15) is 56.0 Å². The Bertz CT molecular complexity index is 590. The number of carbonyl (C=O) groups excluding carboxylic acids is 2. The average Bonchev–Trinajstić information content (AvgIpc) is 2.61. The van der Waals surface area contributed by atoms with Crippen LogP contribution in [-0.4, -0.2) is 29.6 Å². The van der Waals surface area contributed by atoms with Crippen molar-refractivity contribution in [3.63, 3.8) is 0 Å². The number of nitrogens with one attached hydrogen (secondary N) is 5. The van der Waals surface area contributed by atoms with E-state index in [1.165, 1.54) is 0 Å². The van der Waals surface area contributed by atoms with E-state index in [0.717, 1.165) is 31.4 Å². The highest BCUT2D eigenvalue weighted by Crippen LogP contribution is 2.04. The van der Waals surface area contributed by atoms with Crippen molar-refractivity contribution in [3.05, 3.63) is 35.4 Å². The summed E-state index contributed by atoms with van der Waals surface area (Å²) in [7, 11) is 0. The van der Waals surface area contributed by atoms with Crippen LogP contribution in [0.3, 0.4) is 0 Å². The number of benzene rings is 1. The number of carbonyl (C=O) groups is 2. The molecule has 0 aromatic heterocycles. The maximum Gasteiger partial charge on any atom is 0.315 e. The minimum absolute atomic E-state index is 0.0841. The smallest absolute Gasteiger partial charge is 0.315 e. The number of hydrogen-bond acceptors (Lipinski definition) is 3. The van der Waals surface area contributed by atoms with Crippen LogP contribution in [0.5, 0.6) is 0 Å². The first-order valence-electron chi connectivity index (χ1n) is 8.89. The Morgan fingerprint density at radius 3 is 2.35 bits per heavy atom. The largest absolute Gasteiger partial charge is 0.361 e. The van der Waals surface area contributed by atoms with Gasteiger partial charge in [-0.1, -0.05) is 31.9 Å². The zero-order chi connectivity index (χ0) is 19.4. The molecule has 0 unspecified atom stereocenters. The monoisotopic (exact) mass is 379 g/mol. The van der Waals surface area contributed by atoms with E-state index in [2.05, 4.69) is 33.7 Å². The van der Waals surface area contributed by atoms with Crippen LogP contribution in [0.15, 0.2) is 24.3 Å². The van der Waals surface area contributed by atoms with Gasteiger partial charge in [0.2, 0.25) is 0 Å². The number of thiocarbonyl (C=S) groups is 1. The van der Waals surface area contributed by atoms with Gasteiger partial charge in [0.05, 0.1) is 0 Å². The first-order valence-corrected chi connectivity index (χ1v) is 9.30. The third-order valence-corrected chi connectivity index (χ3v) is 3.69. The molecule has 8 heteroatoms. The van der Waals surface area contributed by atoms with Gasteiger partial charge >= 0.3 is 6.03 Å². The Labute approximate surface area is 160 Å². The van der Waals surface area contributed by atoms with Gasteiger partial charge < -0.3 is 16.0 Å². The lowest BCUT2D eigenvalue weighted by Crippen LogP contribution is -2.46. The lowest BCUT2D eigenvalue weighted by Gasteiger charge is -2.12. The van der Waals surface area contributed by atoms with Crippen LogP contribution in [0.4, 0.5) is 4.79 Å². The van der Waals surface area contributed by atoms with Crippen molar-refractivity contribution in [2.45, 2.75) is 52.6 Å². The maximum atomic E-state index is 12.1. The van der Waals surface area contributed by atoms with Crippen molar-refractivity contribution in [2.75, 3.05) is 6.54 Å². The van der Waals surface area contributed by atoms with Crippen LogP contribution in [-0.2, 0) is 6.54 Å². The summed E-state index contributed by atoms with van der Waals surface area (Å²) in [6.07, 6.45) is 3.33. The van der Waals surface area contributed by atoms with Gasteiger partial charge in [-0.2, -0.15) is 0 Å². The SMILES string of the molecule is CCCCCNC(=S)NNC(=O)c1ccc(CNC(=O)NC(C)C)cc1. The quantitative estimate of drug-likeness (QED) is 0.271. The maximum absolute atomic E-state index is 12.1. The molecule has 1 aromatic rings. The molecule has 0 atom stereocenters. The molecule has 0 saturated carbocycles. The molecule has 1 aromatic carbocycles.